The van der Waals surface area contributed by atoms with Crippen molar-refractivity contribution in [2.24, 2.45) is 5.92 Å². The molecule has 138 valence electrons. The van der Waals surface area contributed by atoms with Crippen LogP contribution in [0.4, 0.5) is 0 Å². The van der Waals surface area contributed by atoms with E-state index in [2.05, 4.69) is 61.5 Å². The van der Waals surface area contributed by atoms with Gasteiger partial charge in [-0.3, -0.25) is 4.90 Å². The Labute approximate surface area is 183 Å². The lowest BCUT2D eigenvalue weighted by Crippen LogP contribution is -2.47. The first-order chi connectivity index (χ1) is 10.7. The number of halogens is 4. The van der Waals surface area contributed by atoms with Crippen LogP contribution in [-0.2, 0) is 4.74 Å². The first kappa shape index (κ1) is 23.0. The molecular weight excluding hydrogens is 577 g/mol. The van der Waals surface area contributed by atoms with Crippen LogP contribution in [0.25, 0.3) is 0 Å². The molecule has 0 bridgehead atoms. The molecule has 0 unspecified atom stereocenters. The third-order valence-corrected chi connectivity index (χ3v) is 6.08. The molecule has 1 aromatic rings. The van der Waals surface area contributed by atoms with E-state index in [-0.39, 0.29) is 24.8 Å². The van der Waals surface area contributed by atoms with Crippen molar-refractivity contribution in [3.05, 3.63) is 24.8 Å². The topological polar surface area (TPSA) is 44.7 Å². The Morgan fingerprint density at radius 3 is 2.38 bits per heavy atom. The molecule has 3 rings (SSSR count). The maximum Gasteiger partial charge on any atom is 0.133 e. The van der Waals surface area contributed by atoms with E-state index in [4.69, 9.17) is 4.74 Å². The van der Waals surface area contributed by atoms with E-state index in [9.17, 15) is 5.11 Å². The van der Waals surface area contributed by atoms with Crippen molar-refractivity contribution >= 4 is 70.0 Å². The number of aromatic hydroxyl groups is 1. The Bertz CT molecular complexity index is 507. The molecule has 2 saturated heterocycles. The summed E-state index contributed by atoms with van der Waals surface area (Å²) in [6.07, 6.45) is 2.16. The third-order valence-electron chi connectivity index (χ3n) is 4.63. The summed E-state index contributed by atoms with van der Waals surface area (Å²) in [6.45, 7) is 5.83. The predicted octanol–water partition coefficient (Wildman–Crippen LogP) is 3.82. The van der Waals surface area contributed by atoms with Crippen molar-refractivity contribution in [1.82, 2.24) is 10.2 Å². The summed E-state index contributed by atoms with van der Waals surface area (Å²) in [4.78, 5) is 2.55. The maximum absolute atomic E-state index is 10.7. The number of piperazine rings is 1. The van der Waals surface area contributed by atoms with E-state index in [1.807, 2.05) is 6.07 Å². The molecule has 2 aliphatic heterocycles. The van der Waals surface area contributed by atoms with Crippen LogP contribution >= 0.6 is 70.0 Å². The highest BCUT2D eigenvalue weighted by atomic mass is 127. The van der Waals surface area contributed by atoms with Crippen molar-refractivity contribution in [1.29, 1.82) is 0 Å². The van der Waals surface area contributed by atoms with Crippen LogP contribution in [0, 0.1) is 13.1 Å². The Balaban J connectivity index is 0.00000144. The van der Waals surface area contributed by atoms with E-state index in [1.54, 1.807) is 0 Å². The van der Waals surface area contributed by atoms with Gasteiger partial charge in [0.1, 0.15) is 5.75 Å². The molecule has 2 fully saturated rings. The van der Waals surface area contributed by atoms with Gasteiger partial charge in [0.05, 0.1) is 3.57 Å². The van der Waals surface area contributed by atoms with Gasteiger partial charge in [0.2, 0.25) is 0 Å². The van der Waals surface area contributed by atoms with E-state index in [0.29, 0.717) is 17.7 Å². The van der Waals surface area contributed by atoms with Crippen LogP contribution in [0.15, 0.2) is 12.1 Å². The lowest BCUT2D eigenvalue weighted by Gasteiger charge is -2.41. The molecule has 2 N–H and O–H groups in total. The van der Waals surface area contributed by atoms with Crippen molar-refractivity contribution in [2.45, 2.75) is 18.9 Å². The fourth-order valence-electron chi connectivity index (χ4n) is 3.55. The summed E-state index contributed by atoms with van der Waals surface area (Å²) in [6, 6.07) is 4.51. The number of ether oxygens (including phenoxy) is 1. The molecule has 0 radical (unpaired) electrons. The van der Waals surface area contributed by atoms with E-state index in [0.717, 1.165) is 61.4 Å². The smallest absolute Gasteiger partial charge is 0.133 e. The second kappa shape index (κ2) is 10.9. The Hall–Kier alpha value is 0.940. The molecule has 1 aromatic carbocycles. The summed E-state index contributed by atoms with van der Waals surface area (Å²) >= 11 is 4.59. The SMILES string of the molecule is Cl.Cl.Oc1c(I)cc(I)cc1[C@H](C1CCOCC1)N1CCNCC1. The number of phenolic OH excluding ortho intramolecular Hbond substituents is 1. The minimum Gasteiger partial charge on any atom is -0.506 e. The quantitative estimate of drug-likeness (QED) is 0.518. The standard InChI is InChI=1S/C16H22I2N2O2.2ClH/c17-12-9-13(16(21)14(18)10-12)15(11-1-7-22-8-2-11)20-5-3-19-4-6-20;;/h9-11,15,19,21H,1-8H2;2*1H/t15-;;/m0../s1. The van der Waals surface area contributed by atoms with Crippen molar-refractivity contribution in [2.75, 3.05) is 39.4 Å². The zero-order chi connectivity index (χ0) is 15.5. The van der Waals surface area contributed by atoms with Crippen molar-refractivity contribution < 1.29 is 9.84 Å². The van der Waals surface area contributed by atoms with Gasteiger partial charge >= 0.3 is 0 Å². The largest absolute Gasteiger partial charge is 0.506 e. The molecule has 24 heavy (non-hydrogen) atoms. The zero-order valence-electron chi connectivity index (χ0n) is 13.3. The first-order valence-corrected chi connectivity index (χ1v) is 10.0. The molecule has 2 aliphatic rings. The van der Waals surface area contributed by atoms with Crippen molar-refractivity contribution in [3.8, 4) is 5.75 Å². The lowest BCUT2D eigenvalue weighted by atomic mass is 9.85. The van der Waals surface area contributed by atoms with E-state index < -0.39 is 0 Å². The molecule has 4 nitrogen and oxygen atoms in total. The van der Waals surface area contributed by atoms with Gasteiger partial charge in [0.25, 0.3) is 0 Å². The number of nitrogens with one attached hydrogen (secondary N) is 1. The third kappa shape index (κ3) is 5.47. The second-order valence-corrected chi connectivity index (χ2v) is 8.41. The Morgan fingerprint density at radius 2 is 1.75 bits per heavy atom. The molecule has 0 spiro atoms. The summed E-state index contributed by atoms with van der Waals surface area (Å²) in [7, 11) is 0. The Morgan fingerprint density at radius 1 is 1.12 bits per heavy atom. The molecule has 1 atom stereocenters. The van der Waals surface area contributed by atoms with Gasteiger partial charge in [-0.15, -0.1) is 24.8 Å². The number of hydrogen-bond donors (Lipinski definition) is 2. The number of phenols is 1. The highest BCUT2D eigenvalue weighted by molar-refractivity contribution is 14.1. The molecule has 0 saturated carbocycles. The summed E-state index contributed by atoms with van der Waals surface area (Å²) < 4.78 is 7.70. The normalized spacial score (nSPS) is 20.8. The van der Waals surface area contributed by atoms with Gasteiger partial charge < -0.3 is 15.2 Å². The van der Waals surface area contributed by atoms with Crippen LogP contribution in [0.3, 0.4) is 0 Å². The highest BCUT2D eigenvalue weighted by Crippen LogP contribution is 2.41. The average molecular weight is 601 g/mol. The number of nitrogens with zero attached hydrogens (tertiary/aromatic N) is 1. The molecule has 2 heterocycles. The fraction of sp³-hybridized carbons (Fsp3) is 0.625. The van der Waals surface area contributed by atoms with Gasteiger partial charge in [-0.2, -0.15) is 0 Å². The predicted molar refractivity (Wildman–Crippen MR) is 119 cm³/mol. The van der Waals surface area contributed by atoms with Gasteiger partial charge in [-0.05, 0) is 76.1 Å². The Kier molecular flexibility index (Phi) is 10.5. The number of rotatable bonds is 3. The van der Waals surface area contributed by atoms with Gasteiger partial charge in [-0.25, -0.2) is 0 Å². The monoisotopic (exact) mass is 600 g/mol. The molecule has 8 heteroatoms. The number of hydrogen-bond acceptors (Lipinski definition) is 4. The number of benzene rings is 1. The maximum atomic E-state index is 10.7. The average Bonchev–Trinajstić information content (AvgIpc) is 2.54. The summed E-state index contributed by atoms with van der Waals surface area (Å²) in [5.41, 5.74) is 1.10. The second-order valence-electron chi connectivity index (χ2n) is 6.01. The molecule has 0 amide bonds. The minimum absolute atomic E-state index is 0. The first-order valence-electron chi connectivity index (χ1n) is 7.87. The molecule has 0 aromatic heterocycles. The summed E-state index contributed by atoms with van der Waals surface area (Å²) in [5.74, 6) is 1.03. The van der Waals surface area contributed by atoms with Gasteiger partial charge in [0.15, 0.2) is 0 Å². The van der Waals surface area contributed by atoms with Gasteiger partial charge in [0, 0.05) is 54.6 Å². The van der Waals surface area contributed by atoms with Crippen LogP contribution in [0.2, 0.25) is 0 Å². The van der Waals surface area contributed by atoms with E-state index >= 15 is 0 Å². The lowest BCUT2D eigenvalue weighted by molar-refractivity contribution is 0.0206. The van der Waals surface area contributed by atoms with E-state index in [1.165, 1.54) is 3.57 Å². The van der Waals surface area contributed by atoms with Crippen LogP contribution in [0.5, 0.6) is 5.75 Å². The van der Waals surface area contributed by atoms with Crippen LogP contribution in [-0.4, -0.2) is 49.4 Å². The molecule has 0 aliphatic carbocycles. The van der Waals surface area contributed by atoms with Crippen LogP contribution < -0.4 is 5.32 Å². The van der Waals surface area contributed by atoms with Crippen LogP contribution in [0.1, 0.15) is 24.4 Å². The fourth-order valence-corrected chi connectivity index (χ4v) is 5.44. The zero-order valence-corrected chi connectivity index (χ0v) is 19.3. The highest BCUT2D eigenvalue weighted by Gasteiger charge is 2.33. The molecular formula is C16H24Cl2I2N2O2. The van der Waals surface area contributed by atoms with Gasteiger partial charge in [-0.1, -0.05) is 0 Å². The summed E-state index contributed by atoms with van der Waals surface area (Å²) in [5, 5.41) is 14.1. The minimum atomic E-state index is 0. The van der Waals surface area contributed by atoms with Crippen molar-refractivity contribution in [3.63, 3.8) is 0 Å².